The van der Waals surface area contributed by atoms with Gasteiger partial charge in [0.15, 0.2) is 0 Å². The van der Waals surface area contributed by atoms with E-state index in [0.29, 0.717) is 11.1 Å². The molecule has 0 aliphatic rings. The molecule has 0 aliphatic heterocycles. The van der Waals surface area contributed by atoms with Crippen molar-refractivity contribution in [2.45, 2.75) is 12.3 Å². The lowest BCUT2D eigenvalue weighted by Gasteiger charge is -2.06. The smallest absolute Gasteiger partial charge is 0.307 e. The minimum Gasteiger partial charge on any atom is -0.481 e. The number of benzene rings is 1. The van der Waals surface area contributed by atoms with Crippen molar-refractivity contribution in [2.24, 2.45) is 0 Å². The highest BCUT2D eigenvalue weighted by atomic mass is 79.9. The van der Waals surface area contributed by atoms with Crippen LogP contribution in [0.5, 0.6) is 0 Å². The molecule has 0 unspecified atom stereocenters. The highest BCUT2D eigenvalue weighted by molar-refractivity contribution is 9.10. The van der Waals surface area contributed by atoms with Crippen LogP contribution in [-0.2, 0) is 17.1 Å². The van der Waals surface area contributed by atoms with Gasteiger partial charge in [0.05, 0.1) is 18.1 Å². The Hall–Kier alpha value is -1.05. The summed E-state index contributed by atoms with van der Waals surface area (Å²) in [6, 6.07) is 5.19. The predicted molar refractivity (Wildman–Crippen MR) is 59.8 cm³/mol. The quantitative estimate of drug-likeness (QED) is 0.870. The third-order valence-corrected chi connectivity index (χ3v) is 2.90. The number of carboxylic acids is 1. The first-order valence-corrected chi connectivity index (χ1v) is 5.40. The van der Waals surface area contributed by atoms with Gasteiger partial charge in [0.2, 0.25) is 0 Å². The molecule has 0 aromatic heterocycles. The summed E-state index contributed by atoms with van der Waals surface area (Å²) in [5.74, 6) is -0.687. The van der Waals surface area contributed by atoms with Crippen molar-refractivity contribution in [1.29, 1.82) is 5.26 Å². The van der Waals surface area contributed by atoms with Crippen LogP contribution in [0, 0.1) is 11.3 Å². The van der Waals surface area contributed by atoms with Crippen molar-refractivity contribution < 1.29 is 9.90 Å². The van der Waals surface area contributed by atoms with Gasteiger partial charge < -0.3 is 5.11 Å². The van der Waals surface area contributed by atoms with Crippen molar-refractivity contribution in [3.8, 4) is 6.07 Å². The number of nitriles is 1. The topological polar surface area (TPSA) is 61.1 Å². The number of alkyl halides is 1. The van der Waals surface area contributed by atoms with E-state index in [1.807, 2.05) is 6.07 Å². The van der Waals surface area contributed by atoms with Crippen LogP contribution in [0.25, 0.3) is 0 Å². The fourth-order valence-electron chi connectivity index (χ4n) is 1.18. The van der Waals surface area contributed by atoms with E-state index in [9.17, 15) is 4.79 Å². The molecule has 0 saturated carbocycles. The van der Waals surface area contributed by atoms with Crippen molar-refractivity contribution in [1.82, 2.24) is 0 Å². The highest BCUT2D eigenvalue weighted by Crippen LogP contribution is 2.23. The molecular formula is C10H7BrClNO2. The van der Waals surface area contributed by atoms with Crippen LogP contribution >= 0.6 is 27.5 Å². The third kappa shape index (κ3) is 2.95. The van der Waals surface area contributed by atoms with E-state index >= 15 is 0 Å². The SMILES string of the molecule is N#Cc1cc(Br)c(CCl)cc1CC(=O)O. The summed E-state index contributed by atoms with van der Waals surface area (Å²) in [5, 5.41) is 17.5. The largest absolute Gasteiger partial charge is 0.481 e. The maximum atomic E-state index is 10.6. The van der Waals surface area contributed by atoms with Gasteiger partial charge in [0, 0.05) is 10.4 Å². The average Bonchev–Trinajstić information content (AvgIpc) is 2.19. The zero-order valence-corrected chi connectivity index (χ0v) is 9.97. The summed E-state index contributed by atoms with van der Waals surface area (Å²) in [4.78, 5) is 10.6. The summed E-state index contributed by atoms with van der Waals surface area (Å²) in [6.07, 6.45) is -0.167. The van der Waals surface area contributed by atoms with Gasteiger partial charge in [-0.3, -0.25) is 4.79 Å². The molecule has 0 fully saturated rings. The molecule has 15 heavy (non-hydrogen) atoms. The Kier molecular flexibility index (Phi) is 4.13. The van der Waals surface area contributed by atoms with E-state index in [1.165, 1.54) is 0 Å². The Labute approximate surface area is 100 Å². The average molecular weight is 289 g/mol. The summed E-state index contributed by atoms with van der Waals surface area (Å²) >= 11 is 8.94. The lowest BCUT2D eigenvalue weighted by molar-refractivity contribution is -0.136. The van der Waals surface area contributed by atoms with E-state index in [2.05, 4.69) is 15.9 Å². The Bertz CT molecular complexity index is 440. The van der Waals surface area contributed by atoms with Gasteiger partial charge in [-0.1, -0.05) is 22.0 Å². The van der Waals surface area contributed by atoms with Crippen molar-refractivity contribution in [3.63, 3.8) is 0 Å². The van der Waals surface area contributed by atoms with Crippen LogP contribution in [0.2, 0.25) is 0 Å². The highest BCUT2D eigenvalue weighted by Gasteiger charge is 2.10. The first kappa shape index (κ1) is 12.0. The van der Waals surface area contributed by atoms with Crippen molar-refractivity contribution in [3.05, 3.63) is 33.3 Å². The fourth-order valence-corrected chi connectivity index (χ4v) is 2.05. The molecule has 0 saturated heterocycles. The second-order valence-corrected chi connectivity index (χ2v) is 4.04. The molecule has 0 amide bonds. The molecular weight excluding hydrogens is 281 g/mol. The zero-order chi connectivity index (χ0) is 11.4. The minimum absolute atomic E-state index is 0.167. The Morgan fingerprint density at radius 3 is 2.67 bits per heavy atom. The lowest BCUT2D eigenvalue weighted by Crippen LogP contribution is -2.03. The van der Waals surface area contributed by atoms with E-state index < -0.39 is 5.97 Å². The number of hydrogen-bond donors (Lipinski definition) is 1. The number of aliphatic carboxylic acids is 1. The fraction of sp³-hybridized carbons (Fsp3) is 0.200. The number of rotatable bonds is 3. The molecule has 1 rings (SSSR count). The summed E-state index contributed by atoms with van der Waals surface area (Å²) in [7, 11) is 0. The normalized spacial score (nSPS) is 9.67. The van der Waals surface area contributed by atoms with E-state index in [1.54, 1.807) is 12.1 Å². The van der Waals surface area contributed by atoms with Crippen LogP contribution in [0.4, 0.5) is 0 Å². The molecule has 3 nitrogen and oxygen atoms in total. The van der Waals surface area contributed by atoms with Gasteiger partial charge in [-0.2, -0.15) is 5.26 Å². The second kappa shape index (κ2) is 5.15. The molecule has 0 aliphatic carbocycles. The molecule has 0 atom stereocenters. The molecule has 78 valence electrons. The van der Waals surface area contributed by atoms with Gasteiger partial charge in [-0.05, 0) is 17.2 Å². The van der Waals surface area contributed by atoms with Crippen LogP contribution in [0.3, 0.4) is 0 Å². The number of nitrogens with zero attached hydrogens (tertiary/aromatic N) is 1. The maximum absolute atomic E-state index is 10.6. The van der Waals surface area contributed by atoms with E-state index in [4.69, 9.17) is 22.0 Å². The molecule has 0 radical (unpaired) electrons. The Balaban J connectivity index is 3.24. The number of carbonyl (C=O) groups is 1. The second-order valence-electron chi connectivity index (χ2n) is 2.92. The Morgan fingerprint density at radius 2 is 2.20 bits per heavy atom. The molecule has 0 spiro atoms. The van der Waals surface area contributed by atoms with Gasteiger partial charge in [0.1, 0.15) is 0 Å². The standard InChI is InChI=1S/C10H7BrClNO2/c11-9-2-8(5-13)6(3-10(14)15)1-7(9)4-12/h1-2H,3-4H2,(H,14,15). The first-order valence-electron chi connectivity index (χ1n) is 4.07. The van der Waals surface area contributed by atoms with Gasteiger partial charge >= 0.3 is 5.97 Å². The minimum atomic E-state index is -0.964. The molecule has 1 aromatic carbocycles. The number of hydrogen-bond acceptors (Lipinski definition) is 2. The van der Waals surface area contributed by atoms with Gasteiger partial charge in [0.25, 0.3) is 0 Å². The third-order valence-electron chi connectivity index (χ3n) is 1.88. The summed E-state index contributed by atoms with van der Waals surface area (Å²) in [5.41, 5.74) is 1.63. The maximum Gasteiger partial charge on any atom is 0.307 e. The van der Waals surface area contributed by atoms with E-state index in [0.717, 1.165) is 10.0 Å². The van der Waals surface area contributed by atoms with Crippen LogP contribution < -0.4 is 0 Å². The number of halogens is 2. The first-order chi connectivity index (χ1) is 7.08. The monoisotopic (exact) mass is 287 g/mol. The molecule has 1 aromatic rings. The van der Waals surface area contributed by atoms with Gasteiger partial charge in [-0.25, -0.2) is 0 Å². The molecule has 5 heteroatoms. The lowest BCUT2D eigenvalue weighted by atomic mass is 10.0. The van der Waals surface area contributed by atoms with Gasteiger partial charge in [-0.15, -0.1) is 11.6 Å². The predicted octanol–water partition coefficient (Wildman–Crippen LogP) is 2.69. The zero-order valence-electron chi connectivity index (χ0n) is 7.63. The molecule has 0 bridgehead atoms. The Morgan fingerprint density at radius 1 is 1.53 bits per heavy atom. The number of carboxylic acid groups (broad SMARTS) is 1. The summed E-state index contributed by atoms with van der Waals surface area (Å²) < 4.78 is 0.725. The van der Waals surface area contributed by atoms with Crippen LogP contribution in [0.15, 0.2) is 16.6 Å². The van der Waals surface area contributed by atoms with E-state index in [-0.39, 0.29) is 12.3 Å². The molecule has 0 heterocycles. The van der Waals surface area contributed by atoms with Crippen LogP contribution in [0.1, 0.15) is 16.7 Å². The van der Waals surface area contributed by atoms with Crippen molar-refractivity contribution in [2.75, 3.05) is 0 Å². The van der Waals surface area contributed by atoms with Crippen molar-refractivity contribution >= 4 is 33.5 Å². The van der Waals surface area contributed by atoms with Crippen LogP contribution in [-0.4, -0.2) is 11.1 Å². The molecule has 1 N–H and O–H groups in total. The summed E-state index contributed by atoms with van der Waals surface area (Å²) in [6.45, 7) is 0.